The number of hydrogen-bond acceptors (Lipinski definition) is 4. The van der Waals surface area contributed by atoms with E-state index in [2.05, 4.69) is 5.92 Å². The van der Waals surface area contributed by atoms with Gasteiger partial charge in [-0.25, -0.2) is 8.78 Å². The summed E-state index contributed by atoms with van der Waals surface area (Å²) in [5, 5.41) is 9.46. The highest BCUT2D eigenvalue weighted by Crippen LogP contribution is 2.30. The maximum atomic E-state index is 14.4. The Morgan fingerprint density at radius 1 is 1.07 bits per heavy atom. The van der Waals surface area contributed by atoms with Gasteiger partial charge < -0.3 is 9.47 Å². The first kappa shape index (κ1) is 21.9. The third-order valence-corrected chi connectivity index (χ3v) is 4.44. The highest BCUT2D eigenvalue weighted by molar-refractivity contribution is 5.74. The molecule has 3 unspecified atom stereocenters. The maximum absolute atomic E-state index is 14.4. The largest absolute Gasteiger partial charge is 0.457 e. The molecule has 4 nitrogen and oxygen atoms in total. The molecule has 2 rings (SSSR count). The SMILES string of the molecule is C#CC(C)C(C(=O)OC(C#N)c1cc(Oc2ccc(F)cc2)ccc1F)C(C)C. The summed E-state index contributed by atoms with van der Waals surface area (Å²) in [6.45, 7) is 5.35. The van der Waals surface area contributed by atoms with Gasteiger partial charge in [-0.15, -0.1) is 12.3 Å². The Balaban J connectivity index is 2.26. The first-order chi connectivity index (χ1) is 13.8. The van der Waals surface area contributed by atoms with Gasteiger partial charge in [0.25, 0.3) is 0 Å². The van der Waals surface area contributed by atoms with Crippen LogP contribution in [0.25, 0.3) is 0 Å². The van der Waals surface area contributed by atoms with Crippen LogP contribution in [0.2, 0.25) is 0 Å². The van der Waals surface area contributed by atoms with Crippen LogP contribution in [0.4, 0.5) is 8.78 Å². The monoisotopic (exact) mass is 397 g/mol. The molecule has 0 heterocycles. The Morgan fingerprint density at radius 2 is 1.69 bits per heavy atom. The number of carbonyl (C=O) groups is 1. The summed E-state index contributed by atoms with van der Waals surface area (Å²) >= 11 is 0. The zero-order valence-electron chi connectivity index (χ0n) is 16.4. The first-order valence-corrected chi connectivity index (χ1v) is 9.06. The molecule has 0 aliphatic heterocycles. The van der Waals surface area contributed by atoms with E-state index in [0.29, 0.717) is 5.75 Å². The second-order valence-electron chi connectivity index (χ2n) is 6.91. The second kappa shape index (κ2) is 9.71. The fraction of sp³-hybridized carbons (Fsp3) is 0.304. The van der Waals surface area contributed by atoms with Crippen LogP contribution in [0.5, 0.6) is 11.5 Å². The van der Waals surface area contributed by atoms with Gasteiger partial charge in [-0.05, 0) is 48.4 Å². The lowest BCUT2D eigenvalue weighted by atomic mass is 9.85. The molecule has 2 aromatic carbocycles. The number of halogens is 2. The number of hydrogen-bond donors (Lipinski definition) is 0. The van der Waals surface area contributed by atoms with E-state index in [1.165, 1.54) is 36.4 Å². The molecular weight excluding hydrogens is 376 g/mol. The van der Waals surface area contributed by atoms with Crippen LogP contribution in [0.15, 0.2) is 42.5 Å². The van der Waals surface area contributed by atoms with Crippen molar-refractivity contribution in [3.05, 3.63) is 59.7 Å². The van der Waals surface area contributed by atoms with Crippen LogP contribution in [0, 0.1) is 53.1 Å². The van der Waals surface area contributed by atoms with Crippen molar-refractivity contribution >= 4 is 5.97 Å². The van der Waals surface area contributed by atoms with Gasteiger partial charge in [0.15, 0.2) is 0 Å². The Bertz CT molecular complexity index is 942. The lowest BCUT2D eigenvalue weighted by Crippen LogP contribution is -2.29. The topological polar surface area (TPSA) is 59.3 Å². The first-order valence-electron chi connectivity index (χ1n) is 9.06. The van der Waals surface area contributed by atoms with Gasteiger partial charge in [0, 0.05) is 11.5 Å². The summed E-state index contributed by atoms with van der Waals surface area (Å²) in [7, 11) is 0. The minimum Gasteiger partial charge on any atom is -0.457 e. The lowest BCUT2D eigenvalue weighted by molar-refractivity contribution is -0.154. The van der Waals surface area contributed by atoms with Crippen molar-refractivity contribution in [2.45, 2.75) is 26.9 Å². The Labute approximate surface area is 169 Å². The minimum atomic E-state index is -1.47. The predicted octanol–water partition coefficient (Wildman–Crippen LogP) is 5.41. The van der Waals surface area contributed by atoms with E-state index in [4.69, 9.17) is 15.9 Å². The highest BCUT2D eigenvalue weighted by atomic mass is 19.1. The molecule has 0 fully saturated rings. The minimum absolute atomic E-state index is 0.120. The van der Waals surface area contributed by atoms with Crippen LogP contribution < -0.4 is 4.74 Å². The number of terminal acetylenes is 1. The molecule has 3 atom stereocenters. The van der Waals surface area contributed by atoms with Gasteiger partial charge in [-0.3, -0.25) is 4.79 Å². The van der Waals surface area contributed by atoms with E-state index in [1.807, 2.05) is 13.8 Å². The van der Waals surface area contributed by atoms with Crippen molar-refractivity contribution in [3.8, 4) is 29.9 Å². The molecule has 150 valence electrons. The van der Waals surface area contributed by atoms with E-state index in [-0.39, 0.29) is 17.2 Å². The van der Waals surface area contributed by atoms with E-state index in [9.17, 15) is 18.8 Å². The molecule has 0 aliphatic rings. The average molecular weight is 397 g/mol. The van der Waals surface area contributed by atoms with E-state index in [1.54, 1.807) is 13.0 Å². The summed E-state index contributed by atoms with van der Waals surface area (Å²) in [5.74, 6) is 0.0887. The zero-order chi connectivity index (χ0) is 21.6. The molecule has 0 spiro atoms. The number of rotatable bonds is 7. The molecule has 0 amide bonds. The number of ether oxygens (including phenoxy) is 2. The maximum Gasteiger partial charge on any atom is 0.312 e. The van der Waals surface area contributed by atoms with Gasteiger partial charge in [-0.1, -0.05) is 20.8 Å². The third kappa shape index (κ3) is 5.56. The second-order valence-corrected chi connectivity index (χ2v) is 6.91. The molecule has 0 aromatic heterocycles. The van der Waals surface area contributed by atoms with Crippen LogP contribution in [-0.4, -0.2) is 5.97 Å². The predicted molar refractivity (Wildman–Crippen MR) is 104 cm³/mol. The van der Waals surface area contributed by atoms with E-state index < -0.39 is 35.5 Å². The van der Waals surface area contributed by atoms with Crippen molar-refractivity contribution in [1.29, 1.82) is 5.26 Å². The zero-order valence-corrected chi connectivity index (χ0v) is 16.4. The highest BCUT2D eigenvalue weighted by Gasteiger charge is 2.32. The van der Waals surface area contributed by atoms with Gasteiger partial charge in [0.1, 0.15) is 29.2 Å². The van der Waals surface area contributed by atoms with Crippen LogP contribution >= 0.6 is 0 Å². The van der Waals surface area contributed by atoms with Crippen molar-refractivity contribution in [2.75, 3.05) is 0 Å². The smallest absolute Gasteiger partial charge is 0.312 e. The molecule has 0 radical (unpaired) electrons. The number of benzene rings is 2. The summed E-state index contributed by atoms with van der Waals surface area (Å²) in [5.41, 5.74) is -0.142. The lowest BCUT2D eigenvalue weighted by Gasteiger charge is -2.24. The van der Waals surface area contributed by atoms with Crippen molar-refractivity contribution < 1.29 is 23.0 Å². The fourth-order valence-corrected chi connectivity index (χ4v) is 2.94. The average Bonchev–Trinajstić information content (AvgIpc) is 2.69. The number of esters is 1. The normalized spacial score (nSPS) is 13.7. The summed E-state index contributed by atoms with van der Waals surface area (Å²) in [6, 6.07) is 10.8. The molecular formula is C23H21F2NO3. The fourth-order valence-electron chi connectivity index (χ4n) is 2.94. The number of carbonyl (C=O) groups excluding carboxylic acids is 1. The van der Waals surface area contributed by atoms with Gasteiger partial charge in [0.05, 0.1) is 5.92 Å². The third-order valence-electron chi connectivity index (χ3n) is 4.44. The van der Waals surface area contributed by atoms with Crippen LogP contribution in [-0.2, 0) is 9.53 Å². The summed E-state index contributed by atoms with van der Waals surface area (Å²) in [6.07, 6.45) is 3.96. The molecule has 0 saturated carbocycles. The molecule has 0 aliphatic carbocycles. The van der Waals surface area contributed by atoms with Crippen LogP contribution in [0.3, 0.4) is 0 Å². The molecule has 0 bridgehead atoms. The van der Waals surface area contributed by atoms with E-state index in [0.717, 1.165) is 6.07 Å². The molecule has 29 heavy (non-hydrogen) atoms. The molecule has 0 saturated heterocycles. The molecule has 6 heteroatoms. The van der Waals surface area contributed by atoms with E-state index >= 15 is 0 Å². The van der Waals surface area contributed by atoms with Crippen molar-refractivity contribution in [3.63, 3.8) is 0 Å². The number of nitrogens with zero attached hydrogens (tertiary/aromatic N) is 1. The quantitative estimate of drug-likeness (QED) is 0.463. The van der Waals surface area contributed by atoms with Crippen molar-refractivity contribution in [1.82, 2.24) is 0 Å². The standard InChI is InChI=1S/C23H21F2NO3/c1-5-15(4)22(14(2)3)23(27)29-21(13-26)19-12-18(10-11-20(19)25)28-17-8-6-16(24)7-9-17/h1,6-12,14-15,21-22H,2-4H3. The van der Waals surface area contributed by atoms with Gasteiger partial charge in [-0.2, -0.15) is 5.26 Å². The molecule has 2 aromatic rings. The Hall–Kier alpha value is -3.38. The van der Waals surface area contributed by atoms with Gasteiger partial charge >= 0.3 is 5.97 Å². The Kier molecular flexibility index (Phi) is 7.33. The summed E-state index contributed by atoms with van der Waals surface area (Å²) in [4.78, 5) is 12.6. The Morgan fingerprint density at radius 3 is 2.24 bits per heavy atom. The van der Waals surface area contributed by atoms with Crippen molar-refractivity contribution in [2.24, 2.45) is 17.8 Å². The molecule has 0 N–H and O–H groups in total. The van der Waals surface area contributed by atoms with Gasteiger partial charge in [0.2, 0.25) is 6.10 Å². The van der Waals surface area contributed by atoms with Crippen LogP contribution in [0.1, 0.15) is 32.4 Å². The summed E-state index contributed by atoms with van der Waals surface area (Å²) < 4.78 is 38.2. The number of nitriles is 1.